The van der Waals surface area contributed by atoms with Crippen LogP contribution >= 0.6 is 11.3 Å². The molecule has 0 aliphatic heterocycles. The van der Waals surface area contributed by atoms with Crippen LogP contribution < -0.4 is 5.73 Å². The molecule has 2 rings (SSSR count). The summed E-state index contributed by atoms with van der Waals surface area (Å²) in [5, 5.41) is 5.64. The molecule has 0 atom stereocenters. The highest BCUT2D eigenvalue weighted by atomic mass is 32.1. The first-order valence-electron chi connectivity index (χ1n) is 3.93. The number of thiazole rings is 1. The van der Waals surface area contributed by atoms with Gasteiger partial charge in [-0.25, -0.2) is 4.98 Å². The van der Waals surface area contributed by atoms with Crippen LogP contribution in [0, 0.1) is 6.92 Å². The standard InChI is InChI=1S/C8H8N4OS/c1-5-2-7(9)12(11-5)8(13)6-3-14-4-10-6/h2-4H,9H2,1H3. The molecule has 5 nitrogen and oxygen atoms in total. The average Bonchev–Trinajstić information content (AvgIpc) is 2.73. The predicted molar refractivity (Wildman–Crippen MR) is 53.2 cm³/mol. The summed E-state index contributed by atoms with van der Waals surface area (Å²) in [5.41, 5.74) is 8.28. The number of nitrogens with zero attached hydrogens (tertiary/aromatic N) is 3. The van der Waals surface area contributed by atoms with E-state index in [2.05, 4.69) is 10.1 Å². The van der Waals surface area contributed by atoms with E-state index in [0.29, 0.717) is 17.2 Å². The molecule has 0 fully saturated rings. The van der Waals surface area contributed by atoms with E-state index in [9.17, 15) is 4.79 Å². The lowest BCUT2D eigenvalue weighted by Gasteiger charge is -1.98. The summed E-state index contributed by atoms with van der Waals surface area (Å²) in [7, 11) is 0. The second kappa shape index (κ2) is 3.22. The summed E-state index contributed by atoms with van der Waals surface area (Å²) in [4.78, 5) is 15.6. The van der Waals surface area contributed by atoms with Gasteiger partial charge in [0.05, 0.1) is 11.2 Å². The molecule has 0 radical (unpaired) electrons. The second-order valence-corrected chi connectivity index (χ2v) is 3.52. The molecule has 2 aromatic heterocycles. The van der Waals surface area contributed by atoms with Gasteiger partial charge in [-0.15, -0.1) is 11.3 Å². The Hall–Kier alpha value is -1.69. The third-order valence-electron chi connectivity index (χ3n) is 1.70. The summed E-state index contributed by atoms with van der Waals surface area (Å²) in [6.07, 6.45) is 0. The van der Waals surface area contributed by atoms with Crippen LogP contribution in [-0.4, -0.2) is 20.7 Å². The Kier molecular flexibility index (Phi) is 2.05. The SMILES string of the molecule is Cc1cc(N)n(C(=O)c2cscn2)n1. The third kappa shape index (κ3) is 1.39. The minimum Gasteiger partial charge on any atom is -0.383 e. The number of carbonyl (C=O) groups excluding carboxylic acids is 1. The number of nitrogens with two attached hydrogens (primary N) is 1. The Balaban J connectivity index is 2.41. The molecule has 6 heteroatoms. The van der Waals surface area contributed by atoms with E-state index in [4.69, 9.17) is 5.73 Å². The van der Waals surface area contributed by atoms with Crippen LogP contribution in [0.4, 0.5) is 5.82 Å². The first kappa shape index (κ1) is 8.89. The van der Waals surface area contributed by atoms with Crippen molar-refractivity contribution < 1.29 is 4.79 Å². The van der Waals surface area contributed by atoms with Crippen LogP contribution in [0.2, 0.25) is 0 Å². The molecule has 0 aliphatic carbocycles. The number of rotatable bonds is 1. The summed E-state index contributed by atoms with van der Waals surface area (Å²) in [6, 6.07) is 1.64. The van der Waals surface area contributed by atoms with E-state index in [1.165, 1.54) is 11.3 Å². The Labute approximate surface area is 84.2 Å². The lowest BCUT2D eigenvalue weighted by atomic mass is 10.4. The molecular weight excluding hydrogens is 200 g/mol. The monoisotopic (exact) mass is 208 g/mol. The van der Waals surface area contributed by atoms with Crippen molar-refractivity contribution in [2.45, 2.75) is 6.92 Å². The fourth-order valence-corrected chi connectivity index (χ4v) is 1.63. The Morgan fingerprint density at radius 3 is 2.93 bits per heavy atom. The number of hydrogen-bond acceptors (Lipinski definition) is 5. The smallest absolute Gasteiger partial charge is 0.299 e. The molecular formula is C8H8N4OS. The van der Waals surface area contributed by atoms with Crippen LogP contribution in [-0.2, 0) is 0 Å². The topological polar surface area (TPSA) is 73.8 Å². The number of nitrogen functional groups attached to an aromatic ring is 1. The molecule has 2 aromatic rings. The minimum atomic E-state index is -0.295. The molecule has 0 saturated heterocycles. The van der Waals surface area contributed by atoms with Gasteiger partial charge in [-0.05, 0) is 6.92 Å². The quantitative estimate of drug-likeness (QED) is 0.756. The zero-order chi connectivity index (χ0) is 10.1. The molecule has 0 amide bonds. The van der Waals surface area contributed by atoms with Crippen LogP contribution in [0.3, 0.4) is 0 Å². The van der Waals surface area contributed by atoms with Crippen molar-refractivity contribution in [3.8, 4) is 0 Å². The van der Waals surface area contributed by atoms with Gasteiger partial charge in [0, 0.05) is 11.4 Å². The van der Waals surface area contributed by atoms with E-state index >= 15 is 0 Å². The van der Waals surface area contributed by atoms with Gasteiger partial charge in [-0.3, -0.25) is 4.79 Å². The second-order valence-electron chi connectivity index (χ2n) is 2.80. The summed E-state index contributed by atoms with van der Waals surface area (Å²) in [6.45, 7) is 1.78. The summed E-state index contributed by atoms with van der Waals surface area (Å²) in [5.74, 6) is 0.0392. The minimum absolute atomic E-state index is 0.295. The van der Waals surface area contributed by atoms with Crippen molar-refractivity contribution >= 4 is 23.1 Å². The van der Waals surface area contributed by atoms with Gasteiger partial charge in [0.2, 0.25) is 0 Å². The molecule has 0 unspecified atom stereocenters. The van der Waals surface area contributed by atoms with E-state index in [1.54, 1.807) is 23.9 Å². The molecule has 0 aromatic carbocycles. The highest BCUT2D eigenvalue weighted by molar-refractivity contribution is 7.07. The lowest BCUT2D eigenvalue weighted by molar-refractivity contribution is 0.0943. The molecule has 0 aliphatic rings. The molecule has 0 bridgehead atoms. The molecule has 14 heavy (non-hydrogen) atoms. The first-order valence-corrected chi connectivity index (χ1v) is 4.88. The van der Waals surface area contributed by atoms with E-state index in [0.717, 1.165) is 4.68 Å². The van der Waals surface area contributed by atoms with Crippen molar-refractivity contribution in [2.75, 3.05) is 5.73 Å². The number of aryl methyl sites for hydroxylation is 1. The third-order valence-corrected chi connectivity index (χ3v) is 2.29. The van der Waals surface area contributed by atoms with E-state index in [1.807, 2.05) is 0 Å². The maximum atomic E-state index is 11.7. The van der Waals surface area contributed by atoms with Gasteiger partial charge in [0.25, 0.3) is 5.91 Å². The number of anilines is 1. The fraction of sp³-hybridized carbons (Fsp3) is 0.125. The fourth-order valence-electron chi connectivity index (χ4n) is 1.11. The number of carbonyl (C=O) groups is 1. The van der Waals surface area contributed by atoms with Crippen LogP contribution in [0.15, 0.2) is 17.0 Å². The van der Waals surface area contributed by atoms with Crippen LogP contribution in [0.1, 0.15) is 16.2 Å². The van der Waals surface area contributed by atoms with Crippen molar-refractivity contribution in [3.63, 3.8) is 0 Å². The first-order chi connectivity index (χ1) is 6.68. The number of aromatic nitrogens is 3. The Morgan fingerprint density at radius 1 is 1.64 bits per heavy atom. The maximum Gasteiger partial charge on any atom is 0.299 e. The zero-order valence-corrected chi connectivity index (χ0v) is 8.28. The molecule has 0 spiro atoms. The van der Waals surface area contributed by atoms with E-state index < -0.39 is 0 Å². The maximum absolute atomic E-state index is 11.7. The van der Waals surface area contributed by atoms with E-state index in [-0.39, 0.29) is 5.91 Å². The normalized spacial score (nSPS) is 10.4. The number of hydrogen-bond donors (Lipinski definition) is 1. The van der Waals surface area contributed by atoms with Gasteiger partial charge < -0.3 is 5.73 Å². The Bertz CT molecular complexity index is 460. The van der Waals surface area contributed by atoms with Gasteiger partial charge in [0.1, 0.15) is 11.5 Å². The lowest BCUT2D eigenvalue weighted by Crippen LogP contribution is -2.16. The van der Waals surface area contributed by atoms with Crippen molar-refractivity contribution in [1.82, 2.24) is 14.8 Å². The van der Waals surface area contributed by atoms with Crippen molar-refractivity contribution in [2.24, 2.45) is 0 Å². The van der Waals surface area contributed by atoms with Crippen LogP contribution in [0.25, 0.3) is 0 Å². The van der Waals surface area contributed by atoms with Gasteiger partial charge in [0.15, 0.2) is 0 Å². The summed E-state index contributed by atoms with van der Waals surface area (Å²) >= 11 is 1.36. The average molecular weight is 208 g/mol. The summed E-state index contributed by atoms with van der Waals surface area (Å²) < 4.78 is 1.16. The highest BCUT2D eigenvalue weighted by Crippen LogP contribution is 2.09. The molecule has 72 valence electrons. The Morgan fingerprint density at radius 2 is 2.43 bits per heavy atom. The van der Waals surface area contributed by atoms with Crippen LogP contribution in [0.5, 0.6) is 0 Å². The van der Waals surface area contributed by atoms with Gasteiger partial charge in [-0.1, -0.05) is 0 Å². The highest BCUT2D eigenvalue weighted by Gasteiger charge is 2.14. The predicted octanol–water partition coefficient (Wildman–Crippen LogP) is 0.919. The molecule has 0 saturated carbocycles. The van der Waals surface area contributed by atoms with Crippen molar-refractivity contribution in [1.29, 1.82) is 0 Å². The van der Waals surface area contributed by atoms with Crippen molar-refractivity contribution in [3.05, 3.63) is 28.3 Å². The molecule has 2 heterocycles. The van der Waals surface area contributed by atoms with Gasteiger partial charge >= 0.3 is 0 Å². The molecule has 2 N–H and O–H groups in total. The van der Waals surface area contributed by atoms with Gasteiger partial charge in [-0.2, -0.15) is 9.78 Å². The largest absolute Gasteiger partial charge is 0.383 e. The zero-order valence-electron chi connectivity index (χ0n) is 7.47.